The van der Waals surface area contributed by atoms with E-state index in [-0.39, 0.29) is 17.9 Å². The van der Waals surface area contributed by atoms with E-state index in [1.54, 1.807) is 11.1 Å². The number of nitrogens with zero attached hydrogens (tertiary/aromatic N) is 2. The van der Waals surface area contributed by atoms with Crippen LogP contribution >= 0.6 is 24.0 Å². The molecule has 1 aliphatic carbocycles. The summed E-state index contributed by atoms with van der Waals surface area (Å²) in [7, 11) is 0. The zero-order chi connectivity index (χ0) is 17.1. The quantitative estimate of drug-likeness (QED) is 0.602. The van der Waals surface area contributed by atoms with Crippen molar-refractivity contribution < 1.29 is 9.59 Å². The van der Waals surface area contributed by atoms with Gasteiger partial charge in [-0.3, -0.25) is 19.4 Å². The zero-order valence-electron chi connectivity index (χ0n) is 13.6. The lowest BCUT2D eigenvalue weighted by molar-refractivity contribution is -0.124. The van der Waals surface area contributed by atoms with Crippen LogP contribution in [0.5, 0.6) is 0 Å². The fourth-order valence-electron chi connectivity index (χ4n) is 3.18. The van der Waals surface area contributed by atoms with Crippen LogP contribution in [0.4, 0.5) is 5.69 Å². The van der Waals surface area contributed by atoms with Crippen molar-refractivity contribution in [2.24, 2.45) is 0 Å². The summed E-state index contributed by atoms with van der Waals surface area (Å²) in [6, 6.07) is 9.53. The summed E-state index contributed by atoms with van der Waals surface area (Å²) in [5.74, 6) is -0.205. The smallest absolute Gasteiger partial charge is 0.267 e. The summed E-state index contributed by atoms with van der Waals surface area (Å²) in [6.45, 7) is 1.49. The zero-order valence-corrected chi connectivity index (χ0v) is 15.2. The molecule has 0 bridgehead atoms. The first-order valence-corrected chi connectivity index (χ1v) is 9.42. The van der Waals surface area contributed by atoms with Crippen molar-refractivity contribution in [2.45, 2.75) is 45.1 Å². The second kappa shape index (κ2) is 7.49. The molecule has 0 atom stereocenters. The SMILES string of the molecule is CC(=O)N(/C=C1\SC(=S)N(C2CCCCC2)C1=O)c1ccccc1. The van der Waals surface area contributed by atoms with Crippen molar-refractivity contribution in [1.29, 1.82) is 0 Å². The number of hydrogen-bond acceptors (Lipinski definition) is 4. The van der Waals surface area contributed by atoms with Crippen molar-refractivity contribution in [3.8, 4) is 0 Å². The molecular weight excluding hydrogens is 340 g/mol. The highest BCUT2D eigenvalue weighted by atomic mass is 32.2. The van der Waals surface area contributed by atoms with Gasteiger partial charge in [0.1, 0.15) is 4.32 Å². The van der Waals surface area contributed by atoms with Crippen LogP contribution in [-0.2, 0) is 9.59 Å². The van der Waals surface area contributed by atoms with Gasteiger partial charge in [-0.1, -0.05) is 61.4 Å². The molecule has 4 nitrogen and oxygen atoms in total. The van der Waals surface area contributed by atoms with E-state index in [9.17, 15) is 9.59 Å². The van der Waals surface area contributed by atoms with Gasteiger partial charge in [0.05, 0.1) is 4.91 Å². The number of carbonyl (C=O) groups excluding carboxylic acids is 2. The average molecular weight is 361 g/mol. The molecule has 1 aliphatic heterocycles. The predicted molar refractivity (Wildman–Crippen MR) is 102 cm³/mol. The van der Waals surface area contributed by atoms with E-state index < -0.39 is 0 Å². The highest BCUT2D eigenvalue weighted by Gasteiger charge is 2.38. The topological polar surface area (TPSA) is 40.6 Å². The molecule has 6 heteroatoms. The van der Waals surface area contributed by atoms with E-state index in [0.29, 0.717) is 9.23 Å². The number of carbonyl (C=O) groups is 2. The van der Waals surface area contributed by atoms with Crippen molar-refractivity contribution in [3.05, 3.63) is 41.4 Å². The highest BCUT2D eigenvalue weighted by molar-refractivity contribution is 8.26. The van der Waals surface area contributed by atoms with Crippen LogP contribution in [0.25, 0.3) is 0 Å². The van der Waals surface area contributed by atoms with E-state index in [1.165, 1.54) is 30.0 Å². The monoisotopic (exact) mass is 360 g/mol. The van der Waals surface area contributed by atoms with Crippen molar-refractivity contribution >= 4 is 45.8 Å². The van der Waals surface area contributed by atoms with Crippen molar-refractivity contribution in [3.63, 3.8) is 0 Å². The Morgan fingerprint density at radius 3 is 2.54 bits per heavy atom. The highest BCUT2D eigenvalue weighted by Crippen LogP contribution is 2.36. The molecule has 1 saturated heterocycles. The lowest BCUT2D eigenvalue weighted by Crippen LogP contribution is -2.39. The van der Waals surface area contributed by atoms with Gasteiger partial charge in [0, 0.05) is 24.9 Å². The fourth-order valence-corrected chi connectivity index (χ4v) is 4.54. The summed E-state index contributed by atoms with van der Waals surface area (Å²) in [5.41, 5.74) is 0.743. The Hall–Kier alpha value is -1.66. The third-order valence-electron chi connectivity index (χ3n) is 4.38. The minimum absolute atomic E-state index is 0.0703. The number of amides is 2. The number of benzene rings is 1. The number of hydrogen-bond donors (Lipinski definition) is 0. The van der Waals surface area contributed by atoms with Crippen LogP contribution in [-0.4, -0.2) is 27.1 Å². The molecule has 1 aromatic carbocycles. The normalized spacial score (nSPS) is 20.7. The Morgan fingerprint density at radius 1 is 1.25 bits per heavy atom. The van der Waals surface area contributed by atoms with Crippen molar-refractivity contribution in [1.82, 2.24) is 4.90 Å². The Balaban J connectivity index is 1.85. The molecule has 1 aromatic rings. The molecule has 0 N–H and O–H groups in total. The largest absolute Gasteiger partial charge is 0.290 e. The molecule has 3 rings (SSSR count). The van der Waals surface area contributed by atoms with Gasteiger partial charge >= 0.3 is 0 Å². The first-order chi connectivity index (χ1) is 11.6. The molecule has 1 saturated carbocycles. The Morgan fingerprint density at radius 2 is 1.92 bits per heavy atom. The summed E-state index contributed by atoms with van der Waals surface area (Å²) in [6.07, 6.45) is 7.16. The molecule has 126 valence electrons. The summed E-state index contributed by atoms with van der Waals surface area (Å²) in [4.78, 5) is 28.6. The van der Waals surface area contributed by atoms with Crippen LogP contribution in [0.1, 0.15) is 39.0 Å². The van der Waals surface area contributed by atoms with Crippen LogP contribution in [0.3, 0.4) is 0 Å². The number of thiocarbonyl (C=S) groups is 1. The Kier molecular flexibility index (Phi) is 5.36. The van der Waals surface area contributed by atoms with E-state index in [2.05, 4.69) is 0 Å². The minimum Gasteiger partial charge on any atom is -0.290 e. The third-order valence-corrected chi connectivity index (χ3v) is 5.70. The summed E-state index contributed by atoms with van der Waals surface area (Å²) < 4.78 is 0.606. The van der Waals surface area contributed by atoms with Gasteiger partial charge in [-0.2, -0.15) is 0 Å². The number of rotatable bonds is 3. The first kappa shape index (κ1) is 17.2. The van der Waals surface area contributed by atoms with E-state index >= 15 is 0 Å². The number of anilines is 1. The number of thioether (sulfide) groups is 1. The first-order valence-electron chi connectivity index (χ1n) is 8.20. The van der Waals surface area contributed by atoms with Crippen LogP contribution in [0, 0.1) is 0 Å². The predicted octanol–water partition coefficient (Wildman–Crippen LogP) is 4.07. The molecule has 0 aromatic heterocycles. The molecule has 2 aliphatic rings. The third kappa shape index (κ3) is 3.54. The van der Waals surface area contributed by atoms with Crippen molar-refractivity contribution in [2.75, 3.05) is 4.90 Å². The van der Waals surface area contributed by atoms with E-state index in [0.717, 1.165) is 31.4 Å². The average Bonchev–Trinajstić information content (AvgIpc) is 2.87. The Labute approximate surface area is 151 Å². The second-order valence-electron chi connectivity index (χ2n) is 6.05. The van der Waals surface area contributed by atoms with E-state index in [4.69, 9.17) is 12.2 Å². The molecule has 24 heavy (non-hydrogen) atoms. The van der Waals surface area contributed by atoms with Gasteiger partial charge in [-0.15, -0.1) is 0 Å². The molecule has 0 unspecified atom stereocenters. The molecule has 0 spiro atoms. The molecule has 2 amide bonds. The maximum absolute atomic E-state index is 12.8. The van der Waals surface area contributed by atoms with Gasteiger partial charge in [0.15, 0.2) is 0 Å². The molecular formula is C18H20N2O2S2. The van der Waals surface area contributed by atoms with Crippen LogP contribution < -0.4 is 4.90 Å². The van der Waals surface area contributed by atoms with Gasteiger partial charge in [-0.25, -0.2) is 0 Å². The molecule has 1 heterocycles. The molecule has 0 radical (unpaired) electrons. The maximum atomic E-state index is 12.8. The summed E-state index contributed by atoms with van der Waals surface area (Å²) in [5, 5.41) is 0. The maximum Gasteiger partial charge on any atom is 0.267 e. The minimum atomic E-state index is -0.135. The second-order valence-corrected chi connectivity index (χ2v) is 7.73. The Bertz CT molecular complexity index is 682. The van der Waals surface area contributed by atoms with Gasteiger partial charge in [0.25, 0.3) is 5.91 Å². The lowest BCUT2D eigenvalue weighted by Gasteiger charge is -2.29. The van der Waals surface area contributed by atoms with Gasteiger partial charge in [0.2, 0.25) is 5.91 Å². The molecule has 2 fully saturated rings. The van der Waals surface area contributed by atoms with Gasteiger partial charge < -0.3 is 0 Å². The standard InChI is InChI=1S/C18H20N2O2S2/c1-13(21)19(14-8-4-2-5-9-14)12-16-17(22)20(18(23)24-16)15-10-6-3-7-11-15/h2,4-5,8-9,12,15H,3,6-7,10-11H2,1H3/b16-12-. The lowest BCUT2D eigenvalue weighted by atomic mass is 9.94. The fraction of sp³-hybridized carbons (Fsp3) is 0.389. The summed E-state index contributed by atoms with van der Waals surface area (Å²) >= 11 is 6.73. The van der Waals surface area contributed by atoms with E-state index in [1.807, 2.05) is 30.3 Å². The van der Waals surface area contributed by atoms with Crippen LogP contribution in [0.2, 0.25) is 0 Å². The van der Waals surface area contributed by atoms with Crippen LogP contribution in [0.15, 0.2) is 41.4 Å². The van der Waals surface area contributed by atoms with Gasteiger partial charge in [-0.05, 0) is 25.0 Å². The number of para-hydroxylation sites is 1.